The Balaban J connectivity index is 1.33. The van der Waals surface area contributed by atoms with E-state index in [0.717, 1.165) is 38.1 Å². The maximum absolute atomic E-state index is 11.7. The van der Waals surface area contributed by atoms with Gasteiger partial charge < -0.3 is 10.2 Å². The Morgan fingerprint density at radius 2 is 1.71 bits per heavy atom. The molecule has 0 bridgehead atoms. The number of aryl methyl sites for hydroxylation is 1. The van der Waals surface area contributed by atoms with Gasteiger partial charge in [-0.2, -0.15) is 0 Å². The van der Waals surface area contributed by atoms with Gasteiger partial charge in [0.1, 0.15) is 6.54 Å². The maximum Gasteiger partial charge on any atom is 0.168 e. The molecule has 0 unspecified atom stereocenters. The number of aliphatic hydroxyl groups is 2. The topological polar surface area (TPSA) is 44.3 Å². The van der Waals surface area contributed by atoms with Crippen molar-refractivity contribution in [3.05, 3.63) is 30.6 Å². The van der Waals surface area contributed by atoms with Crippen LogP contribution in [0.2, 0.25) is 0 Å². The zero-order valence-electron chi connectivity index (χ0n) is 19.9. The Labute approximate surface area is 189 Å². The van der Waals surface area contributed by atoms with E-state index >= 15 is 0 Å². The highest BCUT2D eigenvalue weighted by Crippen LogP contribution is 2.68. The van der Waals surface area contributed by atoms with E-state index in [0.29, 0.717) is 35.0 Å². The number of fused-ring (bicyclic) bond motifs is 5. The fraction of sp³-hybridized carbons (Fsp3) is 0.821. The minimum atomic E-state index is -0.166. The molecule has 5 rings (SSSR count). The molecule has 4 saturated carbocycles. The number of hydrogen-bond acceptors (Lipinski definition) is 2. The lowest BCUT2D eigenvalue weighted by molar-refractivity contribution is -0.698. The Kier molecular flexibility index (Phi) is 5.74. The van der Waals surface area contributed by atoms with E-state index in [9.17, 15) is 10.2 Å². The number of pyridine rings is 1. The van der Waals surface area contributed by atoms with Crippen LogP contribution in [0.5, 0.6) is 0 Å². The van der Waals surface area contributed by atoms with E-state index < -0.39 is 0 Å². The molecule has 0 spiro atoms. The number of hydrogen-bond donors (Lipinski definition) is 2. The highest BCUT2D eigenvalue weighted by molar-refractivity contribution is 5.12. The highest BCUT2D eigenvalue weighted by atomic mass is 16.3. The molecule has 0 saturated heterocycles. The van der Waals surface area contributed by atoms with E-state index in [4.69, 9.17) is 0 Å². The summed E-state index contributed by atoms with van der Waals surface area (Å²) in [6.07, 6.45) is 14.6. The standard InChI is InChI=1S/C28H44NO2/c1-19(12-16-29-14-5-4-6-15-29)23-9-10-24-22-8-7-20-17-21(30)11-13-27(20,2)25(22)18-26(31)28(23,24)3/h4-6,14-15,19-26,30-31H,7-13,16-18H2,1-3H3/q+1/t19-,20-,21-,22+,23-,24+,25+,26+,27+,28-/m1/s1. The third-order valence-electron chi connectivity index (χ3n) is 11.1. The molecular weight excluding hydrogens is 382 g/mol. The summed E-state index contributed by atoms with van der Waals surface area (Å²) in [5.74, 6) is 4.06. The number of aromatic nitrogens is 1. The van der Waals surface area contributed by atoms with Gasteiger partial charge in [-0.1, -0.05) is 26.8 Å². The second kappa shape index (κ2) is 8.13. The molecule has 0 aromatic carbocycles. The summed E-state index contributed by atoms with van der Waals surface area (Å²) >= 11 is 0. The van der Waals surface area contributed by atoms with E-state index in [2.05, 4.69) is 55.9 Å². The van der Waals surface area contributed by atoms with Crippen LogP contribution in [0.4, 0.5) is 0 Å². The molecule has 1 heterocycles. The lowest BCUT2D eigenvalue weighted by atomic mass is 9.43. The third-order valence-corrected chi connectivity index (χ3v) is 11.1. The van der Waals surface area contributed by atoms with E-state index in [1.54, 1.807) is 0 Å². The average Bonchev–Trinajstić information content (AvgIpc) is 3.13. The number of aliphatic hydroxyl groups excluding tert-OH is 2. The van der Waals surface area contributed by atoms with Crippen LogP contribution in [0.3, 0.4) is 0 Å². The van der Waals surface area contributed by atoms with Gasteiger partial charge in [0.05, 0.1) is 12.2 Å². The molecule has 1 aromatic heterocycles. The van der Waals surface area contributed by atoms with Crippen molar-refractivity contribution in [3.63, 3.8) is 0 Å². The van der Waals surface area contributed by atoms with Crippen molar-refractivity contribution >= 4 is 0 Å². The first-order valence-electron chi connectivity index (χ1n) is 13.1. The van der Waals surface area contributed by atoms with Gasteiger partial charge in [-0.25, -0.2) is 4.57 Å². The predicted molar refractivity (Wildman–Crippen MR) is 123 cm³/mol. The summed E-state index contributed by atoms with van der Waals surface area (Å²) in [7, 11) is 0. The van der Waals surface area contributed by atoms with Crippen LogP contribution in [0, 0.1) is 46.3 Å². The predicted octanol–water partition coefficient (Wildman–Crippen LogP) is 4.99. The zero-order valence-corrected chi connectivity index (χ0v) is 19.9. The Hall–Kier alpha value is -0.930. The molecule has 31 heavy (non-hydrogen) atoms. The number of nitrogens with zero attached hydrogens (tertiary/aromatic N) is 1. The summed E-state index contributed by atoms with van der Waals surface area (Å²) in [4.78, 5) is 0. The highest BCUT2D eigenvalue weighted by Gasteiger charge is 2.63. The summed E-state index contributed by atoms with van der Waals surface area (Å²) in [5.41, 5.74) is 0.414. The van der Waals surface area contributed by atoms with Crippen molar-refractivity contribution in [2.45, 2.75) is 97.3 Å². The molecule has 172 valence electrons. The van der Waals surface area contributed by atoms with Crippen LogP contribution in [0.25, 0.3) is 0 Å². The van der Waals surface area contributed by atoms with Gasteiger partial charge in [0.25, 0.3) is 0 Å². The minimum Gasteiger partial charge on any atom is -0.393 e. The van der Waals surface area contributed by atoms with Gasteiger partial charge in [0, 0.05) is 18.6 Å². The first kappa shape index (κ1) is 21.9. The molecule has 4 aliphatic rings. The molecule has 3 nitrogen and oxygen atoms in total. The Morgan fingerprint density at radius 1 is 0.935 bits per heavy atom. The quantitative estimate of drug-likeness (QED) is 0.666. The summed E-state index contributed by atoms with van der Waals surface area (Å²) in [5, 5.41) is 22.0. The summed E-state index contributed by atoms with van der Waals surface area (Å²) < 4.78 is 2.30. The van der Waals surface area contributed by atoms with E-state index in [1.165, 1.54) is 32.1 Å². The molecule has 10 atom stereocenters. The Bertz CT molecular complexity index is 768. The molecular formula is C28H44NO2+. The molecule has 1 aromatic rings. The van der Waals surface area contributed by atoms with Crippen molar-refractivity contribution < 1.29 is 14.8 Å². The Morgan fingerprint density at radius 3 is 2.48 bits per heavy atom. The van der Waals surface area contributed by atoms with Crippen LogP contribution < -0.4 is 4.57 Å². The van der Waals surface area contributed by atoms with Crippen molar-refractivity contribution in [1.29, 1.82) is 0 Å². The van der Waals surface area contributed by atoms with Crippen LogP contribution in [-0.2, 0) is 6.54 Å². The first-order chi connectivity index (χ1) is 14.8. The third kappa shape index (κ3) is 3.50. The van der Waals surface area contributed by atoms with Crippen molar-refractivity contribution in [2.24, 2.45) is 46.3 Å². The lowest BCUT2D eigenvalue weighted by Crippen LogP contribution is -2.58. The van der Waals surface area contributed by atoms with Gasteiger partial charge in [0.15, 0.2) is 12.4 Å². The van der Waals surface area contributed by atoms with Gasteiger partial charge in [-0.3, -0.25) is 0 Å². The van der Waals surface area contributed by atoms with Crippen molar-refractivity contribution in [2.75, 3.05) is 0 Å². The van der Waals surface area contributed by atoms with E-state index in [1.807, 2.05) is 0 Å². The van der Waals surface area contributed by atoms with Gasteiger partial charge in [-0.15, -0.1) is 0 Å². The van der Waals surface area contributed by atoms with Crippen molar-refractivity contribution in [3.8, 4) is 0 Å². The van der Waals surface area contributed by atoms with Crippen molar-refractivity contribution in [1.82, 2.24) is 0 Å². The fourth-order valence-electron chi connectivity index (χ4n) is 9.30. The maximum atomic E-state index is 11.7. The van der Waals surface area contributed by atoms with Crippen LogP contribution in [0.15, 0.2) is 30.6 Å². The number of rotatable bonds is 4. The summed E-state index contributed by atoms with van der Waals surface area (Å²) in [6.45, 7) is 8.49. The fourth-order valence-corrected chi connectivity index (χ4v) is 9.30. The molecule has 0 aliphatic heterocycles. The lowest BCUT2D eigenvalue weighted by Gasteiger charge is -2.62. The van der Waals surface area contributed by atoms with Gasteiger partial charge in [-0.05, 0) is 97.7 Å². The average molecular weight is 427 g/mol. The summed E-state index contributed by atoms with van der Waals surface area (Å²) in [6, 6.07) is 6.31. The second-order valence-corrected chi connectivity index (χ2v) is 12.3. The monoisotopic (exact) mass is 426 g/mol. The van der Waals surface area contributed by atoms with Crippen LogP contribution >= 0.6 is 0 Å². The molecule has 3 heteroatoms. The van der Waals surface area contributed by atoms with Crippen LogP contribution in [0.1, 0.15) is 78.6 Å². The molecule has 0 amide bonds. The molecule has 4 fully saturated rings. The molecule has 0 radical (unpaired) electrons. The minimum absolute atomic E-state index is 0.0827. The molecule has 4 aliphatic carbocycles. The molecule has 2 N–H and O–H groups in total. The SMILES string of the molecule is C[C@H](CC[n+]1ccccc1)[C@H]1CC[C@H]2[C@@H]3CC[C@@H]4C[C@H](O)CC[C@]4(C)[C@H]3C[C@H](O)[C@]12C. The first-order valence-corrected chi connectivity index (χ1v) is 13.1. The second-order valence-electron chi connectivity index (χ2n) is 12.3. The largest absolute Gasteiger partial charge is 0.393 e. The van der Waals surface area contributed by atoms with E-state index in [-0.39, 0.29) is 17.6 Å². The normalized spacial score (nSPS) is 47.8. The van der Waals surface area contributed by atoms with Crippen LogP contribution in [-0.4, -0.2) is 22.4 Å². The smallest absolute Gasteiger partial charge is 0.168 e. The van der Waals surface area contributed by atoms with Gasteiger partial charge in [0.2, 0.25) is 0 Å². The van der Waals surface area contributed by atoms with Gasteiger partial charge >= 0.3 is 0 Å². The zero-order chi connectivity index (χ0) is 21.8.